The lowest BCUT2D eigenvalue weighted by Crippen LogP contribution is -2.29. The van der Waals surface area contributed by atoms with E-state index in [1.54, 1.807) is 12.1 Å². The molecule has 0 aromatic heterocycles. The molecule has 3 atom stereocenters. The van der Waals surface area contributed by atoms with Crippen LogP contribution in [0.15, 0.2) is 59.0 Å². The maximum atomic E-state index is 13.1. The van der Waals surface area contributed by atoms with Crippen LogP contribution in [0.3, 0.4) is 0 Å². The summed E-state index contributed by atoms with van der Waals surface area (Å²) >= 11 is 0. The number of rotatable bonds is 15. The third-order valence-electron chi connectivity index (χ3n) is 10.2. The van der Waals surface area contributed by atoms with Crippen molar-refractivity contribution in [1.82, 2.24) is 15.2 Å². The Kier molecular flexibility index (Phi) is 12.5. The maximum absolute atomic E-state index is 13.1. The van der Waals surface area contributed by atoms with Crippen LogP contribution < -0.4 is 30.6 Å². The molecule has 3 aliphatic carbocycles. The lowest BCUT2D eigenvalue weighted by Gasteiger charge is -2.20. The van der Waals surface area contributed by atoms with Gasteiger partial charge in [0.1, 0.15) is 25.4 Å². The van der Waals surface area contributed by atoms with Gasteiger partial charge >= 0.3 is 6.09 Å². The van der Waals surface area contributed by atoms with Crippen LogP contribution in [0.4, 0.5) is 10.5 Å². The second-order valence-electron chi connectivity index (χ2n) is 14.1. The van der Waals surface area contributed by atoms with E-state index in [1.165, 1.54) is 6.07 Å². The highest BCUT2D eigenvalue weighted by Gasteiger charge is 2.49. The molecule has 2 aromatic carbocycles. The summed E-state index contributed by atoms with van der Waals surface area (Å²) in [5.41, 5.74) is 3.42. The van der Waals surface area contributed by atoms with E-state index in [2.05, 4.69) is 22.5 Å². The summed E-state index contributed by atoms with van der Waals surface area (Å²) in [4.78, 5) is 39.6. The maximum Gasteiger partial charge on any atom is 0.407 e. The van der Waals surface area contributed by atoms with Gasteiger partial charge in [0.2, 0.25) is 5.36 Å². The molecule has 4 aliphatic rings. The normalized spacial score (nSPS) is 17.4. The van der Waals surface area contributed by atoms with Gasteiger partial charge in [-0.15, -0.1) is 11.8 Å². The molecule has 2 N–H and O–H groups in total. The Morgan fingerprint density at radius 3 is 2.22 bits per heavy atom. The first-order chi connectivity index (χ1) is 26.1. The molecular weight excluding hydrogens is 688 g/mol. The minimum absolute atomic E-state index is 0.108. The van der Waals surface area contributed by atoms with E-state index in [1.807, 2.05) is 74.1 Å². The van der Waals surface area contributed by atoms with Gasteiger partial charge in [0.15, 0.2) is 0 Å². The fourth-order valence-electron chi connectivity index (χ4n) is 7.18. The molecule has 1 saturated carbocycles. The summed E-state index contributed by atoms with van der Waals surface area (Å²) in [5.74, 6) is 6.85. The number of alkyl carbamates (subject to hydrolysis) is 1. The van der Waals surface area contributed by atoms with Crippen LogP contribution in [0.2, 0.25) is 0 Å². The van der Waals surface area contributed by atoms with E-state index >= 15 is 0 Å². The number of hydrogen-bond donors (Lipinski definition) is 2. The van der Waals surface area contributed by atoms with Crippen LogP contribution >= 0.6 is 0 Å². The smallest absolute Gasteiger partial charge is 0.407 e. The van der Waals surface area contributed by atoms with E-state index in [9.17, 15) is 19.5 Å². The second-order valence-corrected chi connectivity index (χ2v) is 14.1. The summed E-state index contributed by atoms with van der Waals surface area (Å²) in [6.45, 7) is 2.15. The molecule has 2 aromatic rings. The first-order valence-corrected chi connectivity index (χ1v) is 18.5. The van der Waals surface area contributed by atoms with Crippen LogP contribution in [-0.2, 0) is 14.2 Å². The number of carboxylic acid groups (broad SMARTS) is 1. The van der Waals surface area contributed by atoms with Crippen molar-refractivity contribution >= 4 is 34.6 Å². The Morgan fingerprint density at radius 1 is 0.870 bits per heavy atom. The van der Waals surface area contributed by atoms with Gasteiger partial charge in [-0.25, -0.2) is 9.37 Å². The number of fused-ring (bicyclic) bond motifs is 3. The topological polar surface area (TPSA) is 145 Å². The Bertz CT molecular complexity index is 2090. The third-order valence-corrected chi connectivity index (χ3v) is 10.2. The van der Waals surface area contributed by atoms with Crippen LogP contribution in [0.25, 0.3) is 33.4 Å². The number of anilines is 1. The van der Waals surface area contributed by atoms with Crippen molar-refractivity contribution in [2.45, 2.75) is 25.7 Å². The van der Waals surface area contributed by atoms with Gasteiger partial charge in [-0.05, 0) is 66.5 Å². The lowest BCUT2D eigenvalue weighted by atomic mass is 9.89. The number of carboxylic acids is 1. The average Bonchev–Trinajstić information content (AvgIpc) is 3.80. The van der Waals surface area contributed by atoms with E-state index in [-0.39, 0.29) is 24.3 Å². The molecule has 12 nitrogen and oxygen atoms in total. The summed E-state index contributed by atoms with van der Waals surface area (Å²) in [7, 11) is 7.75. The van der Waals surface area contributed by atoms with Gasteiger partial charge in [0.25, 0.3) is 5.91 Å². The Morgan fingerprint density at radius 2 is 1.56 bits per heavy atom. The molecule has 0 spiro atoms. The quantitative estimate of drug-likeness (QED) is 0.0810. The number of hydrogen-bond acceptors (Lipinski definition) is 9. The zero-order chi connectivity index (χ0) is 38.2. The third kappa shape index (κ3) is 9.21. The molecule has 2 amide bonds. The summed E-state index contributed by atoms with van der Waals surface area (Å²) < 4.78 is 24.8. The van der Waals surface area contributed by atoms with Crippen molar-refractivity contribution in [3.8, 4) is 34.3 Å². The first kappa shape index (κ1) is 38.3. The number of ether oxygens (including phenoxy) is 3. The van der Waals surface area contributed by atoms with E-state index in [4.69, 9.17) is 18.6 Å². The molecule has 1 unspecified atom stereocenters. The highest BCUT2D eigenvalue weighted by Crippen LogP contribution is 2.52. The fourth-order valence-corrected chi connectivity index (χ4v) is 7.18. The van der Waals surface area contributed by atoms with Crippen LogP contribution in [0, 0.1) is 29.6 Å². The Balaban J connectivity index is 0.978. The van der Waals surface area contributed by atoms with E-state index in [0.717, 1.165) is 47.7 Å². The standard InChI is InChI=1S/C42H48N4O8/c1-45(2)28-12-15-33-37(24-28)54-38-25-29(46(3)4)13-16-34(38)39(33)32-14-11-27(23-35(32)41(48)49)40(47)43-17-19-51-21-22-52-20-18-44-42(50)53-26-36-30-9-7-5-6-8-10-31(30)36/h11-16,23-25,30-31,36H,7-10,17-22,26H2,1-4H3,(H2-,43,44,47,48,49,50)/t30-,31+,36?. The van der Waals surface area contributed by atoms with Crippen molar-refractivity contribution in [3.05, 3.63) is 71.1 Å². The molecule has 0 radical (unpaired) electrons. The Labute approximate surface area is 315 Å². The van der Waals surface area contributed by atoms with Gasteiger partial charge in [0.05, 0.1) is 45.1 Å². The van der Waals surface area contributed by atoms with Gasteiger partial charge in [0, 0.05) is 85.5 Å². The zero-order valence-electron chi connectivity index (χ0n) is 31.4. The summed E-state index contributed by atoms with van der Waals surface area (Å²) in [5, 5.41) is 19.7. The van der Waals surface area contributed by atoms with Gasteiger partial charge in [-0.1, -0.05) is 6.07 Å². The molecule has 1 aliphatic heterocycles. The second kappa shape index (κ2) is 17.6. The van der Waals surface area contributed by atoms with Crippen LogP contribution in [-0.4, -0.2) is 92.3 Å². The summed E-state index contributed by atoms with van der Waals surface area (Å²) in [6, 6.07) is 16.2. The minimum atomic E-state index is -1.40. The Hall–Kier alpha value is -5.38. The van der Waals surface area contributed by atoms with Gasteiger partial charge in [-0.3, -0.25) is 4.79 Å². The van der Waals surface area contributed by atoms with Crippen LogP contribution in [0.1, 0.15) is 46.4 Å². The van der Waals surface area contributed by atoms with Gasteiger partial charge < -0.3 is 44.1 Å². The highest BCUT2D eigenvalue weighted by molar-refractivity contribution is 6.09. The number of nitrogens with zero attached hydrogens (tertiary/aromatic N) is 2. The monoisotopic (exact) mass is 736 g/mol. The molecule has 0 bridgehead atoms. The SMILES string of the molecule is CN(C)c1ccc2c(-c3ccc(C(=O)NCCOCCOCCNC(=O)OCC4[C@H]5CCC#CCC[C@@H]45)cc3C(=O)[O-])c3ccc(=[N+](C)C)cc-3oc2c1. The number of nitrogens with one attached hydrogen (secondary N) is 2. The van der Waals surface area contributed by atoms with E-state index < -0.39 is 18.0 Å². The lowest BCUT2D eigenvalue weighted by molar-refractivity contribution is -0.254. The number of benzene rings is 3. The zero-order valence-corrected chi connectivity index (χ0v) is 31.4. The predicted molar refractivity (Wildman–Crippen MR) is 204 cm³/mol. The predicted octanol–water partition coefficient (Wildman–Crippen LogP) is 3.59. The van der Waals surface area contributed by atoms with Crippen molar-refractivity contribution in [3.63, 3.8) is 0 Å². The van der Waals surface area contributed by atoms with Crippen molar-refractivity contribution in [1.29, 1.82) is 0 Å². The molecular formula is C42H48N4O8. The van der Waals surface area contributed by atoms with Crippen LogP contribution in [0.5, 0.6) is 0 Å². The molecule has 284 valence electrons. The fraction of sp³-hybridized carbons (Fsp3) is 0.429. The average molecular weight is 737 g/mol. The first-order valence-electron chi connectivity index (χ1n) is 18.5. The number of amides is 2. The molecule has 0 saturated heterocycles. The van der Waals surface area contributed by atoms with Gasteiger partial charge in [-0.2, -0.15) is 0 Å². The molecule has 1 fully saturated rings. The van der Waals surface area contributed by atoms with E-state index in [0.29, 0.717) is 73.2 Å². The van der Waals surface area contributed by atoms with Crippen molar-refractivity contribution in [2.75, 3.05) is 79.2 Å². The van der Waals surface area contributed by atoms with Crippen molar-refractivity contribution in [2.24, 2.45) is 17.8 Å². The summed E-state index contributed by atoms with van der Waals surface area (Å²) in [6.07, 6.45) is 3.62. The molecule has 54 heavy (non-hydrogen) atoms. The van der Waals surface area contributed by atoms with Crippen molar-refractivity contribution < 1.29 is 38.1 Å². The minimum Gasteiger partial charge on any atom is -0.545 e. The molecule has 1 heterocycles. The highest BCUT2D eigenvalue weighted by atomic mass is 16.6. The number of carbonyl (C=O) groups excluding carboxylic acids is 3. The molecule has 6 rings (SSSR count). The largest absolute Gasteiger partial charge is 0.545 e. The number of carbonyl (C=O) groups is 3. The molecule has 12 heteroatoms. The number of aromatic carboxylic acids is 1.